The second kappa shape index (κ2) is 7.44. The van der Waals surface area contributed by atoms with Crippen LogP contribution in [-0.2, 0) is 11.3 Å². The maximum Gasteiger partial charge on any atom is 0.257 e. The summed E-state index contributed by atoms with van der Waals surface area (Å²) in [6.07, 6.45) is 4.22. The van der Waals surface area contributed by atoms with Crippen molar-refractivity contribution in [3.63, 3.8) is 0 Å². The zero-order valence-corrected chi connectivity index (χ0v) is 15.0. The Labute approximate surface area is 157 Å². The number of anilines is 1. The van der Waals surface area contributed by atoms with Gasteiger partial charge < -0.3 is 10.1 Å². The van der Waals surface area contributed by atoms with Crippen LogP contribution in [0.4, 0.5) is 5.69 Å². The summed E-state index contributed by atoms with van der Waals surface area (Å²) in [5.74, 6) is 0.508. The average Bonchev–Trinajstić information content (AvgIpc) is 3.45. The fourth-order valence-corrected chi connectivity index (χ4v) is 3.12. The quantitative estimate of drug-likeness (QED) is 0.662. The van der Waals surface area contributed by atoms with E-state index in [-0.39, 0.29) is 5.91 Å². The zero-order valence-electron chi connectivity index (χ0n) is 14.2. The number of benzene rings is 2. The standard InChI is InChI=1S/C21H19ClN2O2/c22-17-10-16-4-2-8-23-20(16)19(11-17)21(25)24-18-5-1-3-15(9-18)13-26-12-14-6-7-14/h1-5,8-11,14H,6-7,12-13H2,(H,24,25). The molecule has 1 saturated carbocycles. The fourth-order valence-electron chi connectivity index (χ4n) is 2.89. The smallest absolute Gasteiger partial charge is 0.257 e. The van der Waals surface area contributed by atoms with Crippen LogP contribution >= 0.6 is 11.6 Å². The van der Waals surface area contributed by atoms with Crippen LogP contribution in [-0.4, -0.2) is 17.5 Å². The molecule has 5 heteroatoms. The third-order valence-electron chi connectivity index (χ3n) is 4.42. The molecule has 1 aliphatic carbocycles. The van der Waals surface area contributed by atoms with Crippen LogP contribution in [0.15, 0.2) is 54.7 Å². The summed E-state index contributed by atoms with van der Waals surface area (Å²) in [4.78, 5) is 17.1. The molecule has 0 spiro atoms. The van der Waals surface area contributed by atoms with E-state index in [0.29, 0.717) is 22.7 Å². The van der Waals surface area contributed by atoms with E-state index >= 15 is 0 Å². The molecule has 4 rings (SSSR count). The topological polar surface area (TPSA) is 51.2 Å². The van der Waals surface area contributed by atoms with Crippen LogP contribution in [0.3, 0.4) is 0 Å². The Balaban J connectivity index is 1.51. The van der Waals surface area contributed by atoms with Crippen LogP contribution in [0.1, 0.15) is 28.8 Å². The van der Waals surface area contributed by atoms with Gasteiger partial charge in [0.05, 0.1) is 17.7 Å². The Bertz CT molecular complexity index is 954. The molecule has 2 aromatic carbocycles. The minimum atomic E-state index is -0.229. The van der Waals surface area contributed by atoms with Gasteiger partial charge in [-0.25, -0.2) is 0 Å². The normalized spacial score (nSPS) is 13.7. The van der Waals surface area contributed by atoms with Gasteiger partial charge in [0.15, 0.2) is 0 Å². The van der Waals surface area contributed by atoms with Crippen molar-refractivity contribution in [1.29, 1.82) is 0 Å². The van der Waals surface area contributed by atoms with Crippen LogP contribution < -0.4 is 5.32 Å². The van der Waals surface area contributed by atoms with E-state index in [4.69, 9.17) is 16.3 Å². The zero-order chi connectivity index (χ0) is 17.9. The van der Waals surface area contributed by atoms with Crippen molar-refractivity contribution in [2.24, 2.45) is 5.92 Å². The highest BCUT2D eigenvalue weighted by atomic mass is 35.5. The maximum absolute atomic E-state index is 12.8. The highest BCUT2D eigenvalue weighted by Gasteiger charge is 2.21. The molecule has 0 atom stereocenters. The lowest BCUT2D eigenvalue weighted by Gasteiger charge is -2.10. The highest BCUT2D eigenvalue weighted by molar-refractivity contribution is 6.32. The second-order valence-electron chi connectivity index (χ2n) is 6.64. The predicted octanol–water partition coefficient (Wildman–Crippen LogP) is 5.07. The summed E-state index contributed by atoms with van der Waals surface area (Å²) in [7, 11) is 0. The molecule has 1 aliphatic rings. The van der Waals surface area contributed by atoms with E-state index in [0.717, 1.165) is 29.2 Å². The average molecular weight is 367 g/mol. The molecule has 4 nitrogen and oxygen atoms in total. The number of carbonyl (C=O) groups is 1. The summed E-state index contributed by atoms with van der Waals surface area (Å²) in [6, 6.07) is 14.9. The van der Waals surface area contributed by atoms with Crippen molar-refractivity contribution in [1.82, 2.24) is 4.98 Å². The third kappa shape index (κ3) is 4.03. The molecule has 1 heterocycles. The molecule has 3 aromatic rings. The Morgan fingerprint density at radius 1 is 1.19 bits per heavy atom. The molecule has 1 N–H and O–H groups in total. The fraction of sp³-hybridized carbons (Fsp3) is 0.238. The Morgan fingerprint density at radius 2 is 2.08 bits per heavy atom. The maximum atomic E-state index is 12.8. The minimum Gasteiger partial charge on any atom is -0.376 e. The lowest BCUT2D eigenvalue weighted by molar-refractivity contribution is 0.102. The van der Waals surface area contributed by atoms with Gasteiger partial charge in [0, 0.05) is 28.9 Å². The number of pyridine rings is 1. The predicted molar refractivity (Wildman–Crippen MR) is 104 cm³/mol. The van der Waals surface area contributed by atoms with Crippen molar-refractivity contribution in [2.45, 2.75) is 19.4 Å². The van der Waals surface area contributed by atoms with Crippen molar-refractivity contribution in [3.8, 4) is 0 Å². The van der Waals surface area contributed by atoms with Gasteiger partial charge >= 0.3 is 0 Å². The lowest BCUT2D eigenvalue weighted by Crippen LogP contribution is -2.13. The summed E-state index contributed by atoms with van der Waals surface area (Å²) in [6.45, 7) is 1.37. The number of nitrogens with one attached hydrogen (secondary N) is 1. The SMILES string of the molecule is O=C(Nc1cccc(COCC2CC2)c1)c1cc(Cl)cc2cccnc12. The van der Waals surface area contributed by atoms with E-state index in [1.54, 1.807) is 18.3 Å². The molecule has 1 aromatic heterocycles. The number of ether oxygens (including phenoxy) is 1. The van der Waals surface area contributed by atoms with Gasteiger partial charge in [-0.05, 0) is 54.7 Å². The molecular formula is C21H19ClN2O2. The van der Waals surface area contributed by atoms with Crippen molar-refractivity contribution in [3.05, 3.63) is 70.9 Å². The third-order valence-corrected chi connectivity index (χ3v) is 4.64. The first-order valence-electron chi connectivity index (χ1n) is 8.71. The highest BCUT2D eigenvalue weighted by Crippen LogP contribution is 2.29. The molecule has 1 fully saturated rings. The molecule has 0 bridgehead atoms. The first-order chi connectivity index (χ1) is 12.7. The number of rotatable bonds is 6. The minimum absolute atomic E-state index is 0.229. The number of hydrogen-bond acceptors (Lipinski definition) is 3. The van der Waals surface area contributed by atoms with Crippen LogP contribution in [0.2, 0.25) is 5.02 Å². The van der Waals surface area contributed by atoms with E-state index in [1.165, 1.54) is 12.8 Å². The van der Waals surface area contributed by atoms with Crippen LogP contribution in [0.5, 0.6) is 0 Å². The van der Waals surface area contributed by atoms with Crippen LogP contribution in [0, 0.1) is 5.92 Å². The molecule has 0 unspecified atom stereocenters. The molecule has 0 aliphatic heterocycles. The second-order valence-corrected chi connectivity index (χ2v) is 7.08. The lowest BCUT2D eigenvalue weighted by atomic mass is 10.1. The van der Waals surface area contributed by atoms with Crippen molar-refractivity contribution < 1.29 is 9.53 Å². The first-order valence-corrected chi connectivity index (χ1v) is 9.09. The van der Waals surface area contributed by atoms with Gasteiger partial charge in [-0.2, -0.15) is 0 Å². The molecule has 132 valence electrons. The number of aromatic nitrogens is 1. The van der Waals surface area contributed by atoms with Gasteiger partial charge in [-0.3, -0.25) is 9.78 Å². The molecule has 0 radical (unpaired) electrons. The number of fused-ring (bicyclic) bond motifs is 1. The van der Waals surface area contributed by atoms with Gasteiger partial charge in [0.25, 0.3) is 5.91 Å². The number of hydrogen-bond donors (Lipinski definition) is 1. The van der Waals surface area contributed by atoms with E-state index in [2.05, 4.69) is 10.3 Å². The Morgan fingerprint density at radius 3 is 2.92 bits per heavy atom. The van der Waals surface area contributed by atoms with Crippen LogP contribution in [0.25, 0.3) is 10.9 Å². The summed E-state index contributed by atoms with van der Waals surface area (Å²) >= 11 is 6.16. The number of halogens is 1. The van der Waals surface area contributed by atoms with Crippen molar-refractivity contribution >= 4 is 34.1 Å². The monoisotopic (exact) mass is 366 g/mol. The Kier molecular flexibility index (Phi) is 4.87. The largest absolute Gasteiger partial charge is 0.376 e. The number of carbonyl (C=O) groups excluding carboxylic acids is 1. The molecule has 0 saturated heterocycles. The van der Waals surface area contributed by atoms with Gasteiger partial charge in [0.1, 0.15) is 0 Å². The summed E-state index contributed by atoms with van der Waals surface area (Å²) in [5.41, 5.74) is 2.87. The molecule has 1 amide bonds. The first kappa shape index (κ1) is 17.0. The number of amides is 1. The van der Waals surface area contributed by atoms with Gasteiger partial charge in [-0.15, -0.1) is 0 Å². The molecular weight excluding hydrogens is 348 g/mol. The summed E-state index contributed by atoms with van der Waals surface area (Å²) in [5, 5.41) is 4.29. The van der Waals surface area contributed by atoms with E-state index in [9.17, 15) is 4.79 Å². The number of nitrogens with zero attached hydrogens (tertiary/aromatic N) is 1. The van der Waals surface area contributed by atoms with Gasteiger partial charge in [0.2, 0.25) is 0 Å². The molecule has 26 heavy (non-hydrogen) atoms. The van der Waals surface area contributed by atoms with Gasteiger partial charge in [-0.1, -0.05) is 29.8 Å². The Hall–Kier alpha value is -2.43. The van der Waals surface area contributed by atoms with Crippen molar-refractivity contribution in [2.75, 3.05) is 11.9 Å². The summed E-state index contributed by atoms with van der Waals surface area (Å²) < 4.78 is 5.72. The van der Waals surface area contributed by atoms with E-state index in [1.807, 2.05) is 36.4 Å². The van der Waals surface area contributed by atoms with E-state index < -0.39 is 0 Å².